The summed E-state index contributed by atoms with van der Waals surface area (Å²) in [6.45, 7) is 12.5. The highest BCUT2D eigenvalue weighted by Crippen LogP contribution is 2.27. The van der Waals surface area contributed by atoms with E-state index in [0.717, 1.165) is 31.5 Å². The number of nitrogens with one attached hydrogen (secondary N) is 1. The van der Waals surface area contributed by atoms with Gasteiger partial charge in [-0.05, 0) is 37.6 Å². The second-order valence-electron chi connectivity index (χ2n) is 8.76. The second kappa shape index (κ2) is 9.58. The van der Waals surface area contributed by atoms with Gasteiger partial charge in [-0.3, -0.25) is 9.89 Å². The highest BCUT2D eigenvalue weighted by molar-refractivity contribution is 5.80. The molecular weight excluding hydrogens is 336 g/mol. The molecule has 2 saturated heterocycles. The number of piperidine rings is 2. The van der Waals surface area contributed by atoms with Crippen LogP contribution in [0.2, 0.25) is 0 Å². The molecule has 1 N–H and O–H groups in total. The van der Waals surface area contributed by atoms with Crippen molar-refractivity contribution in [3.8, 4) is 0 Å². The lowest BCUT2D eigenvalue weighted by Gasteiger charge is -2.41. The van der Waals surface area contributed by atoms with Crippen molar-refractivity contribution in [2.75, 3.05) is 39.8 Å². The van der Waals surface area contributed by atoms with E-state index in [1.807, 2.05) is 19.6 Å². The molecule has 0 aromatic carbocycles. The topological polar surface area (TPSA) is 48.7 Å². The molecule has 6 nitrogen and oxygen atoms in total. The summed E-state index contributed by atoms with van der Waals surface area (Å²) in [5, 5.41) is 3.70. The van der Waals surface area contributed by atoms with E-state index in [1.165, 1.54) is 38.8 Å². The van der Waals surface area contributed by atoms with Gasteiger partial charge in [0.25, 0.3) is 0 Å². The van der Waals surface area contributed by atoms with Gasteiger partial charge in [0.1, 0.15) is 0 Å². The predicted octanol–water partition coefficient (Wildman–Crippen LogP) is 2.85. The summed E-state index contributed by atoms with van der Waals surface area (Å²) in [6, 6.07) is 1.10. The first kappa shape index (κ1) is 20.2. The van der Waals surface area contributed by atoms with Gasteiger partial charge in [-0.15, -0.1) is 0 Å². The number of aromatic nitrogens is 2. The predicted molar refractivity (Wildman–Crippen MR) is 112 cm³/mol. The molecule has 0 amide bonds. The van der Waals surface area contributed by atoms with Crippen LogP contribution in [0.15, 0.2) is 23.7 Å². The van der Waals surface area contributed by atoms with Crippen molar-refractivity contribution in [1.29, 1.82) is 0 Å². The van der Waals surface area contributed by atoms with Crippen LogP contribution in [-0.2, 0) is 0 Å². The van der Waals surface area contributed by atoms with E-state index in [4.69, 9.17) is 0 Å². The fourth-order valence-electron chi connectivity index (χ4n) is 4.64. The molecule has 1 aromatic heterocycles. The van der Waals surface area contributed by atoms with Gasteiger partial charge in [-0.25, -0.2) is 4.98 Å². The molecule has 2 aliphatic rings. The summed E-state index contributed by atoms with van der Waals surface area (Å²) in [6.07, 6.45) is 11.1. The van der Waals surface area contributed by atoms with Crippen LogP contribution in [0.25, 0.3) is 0 Å². The Kier molecular flexibility index (Phi) is 7.16. The second-order valence-corrected chi connectivity index (χ2v) is 8.76. The highest BCUT2D eigenvalue weighted by atomic mass is 15.3. The van der Waals surface area contributed by atoms with Gasteiger partial charge in [0, 0.05) is 51.7 Å². The Balaban J connectivity index is 1.58. The van der Waals surface area contributed by atoms with E-state index in [9.17, 15) is 0 Å². The number of imidazole rings is 1. The molecule has 3 atom stereocenters. The van der Waals surface area contributed by atoms with E-state index < -0.39 is 0 Å². The Morgan fingerprint density at radius 3 is 2.81 bits per heavy atom. The maximum absolute atomic E-state index is 4.61. The van der Waals surface area contributed by atoms with Gasteiger partial charge in [-0.2, -0.15) is 0 Å². The Bertz CT molecular complexity index is 582. The summed E-state index contributed by atoms with van der Waals surface area (Å²) in [5.41, 5.74) is 0. The minimum absolute atomic E-state index is 0.465. The lowest BCUT2D eigenvalue weighted by atomic mass is 9.93. The molecule has 6 heteroatoms. The van der Waals surface area contributed by atoms with Gasteiger partial charge in [0.15, 0.2) is 5.96 Å². The zero-order valence-corrected chi connectivity index (χ0v) is 17.6. The van der Waals surface area contributed by atoms with Crippen molar-refractivity contribution < 1.29 is 0 Å². The standard InChI is InChI=1S/C21H38N6/c1-17(2)14-25-10-6-5-7-19(25)13-24-21(22-4)26-11-8-18(3)20(15-26)27-12-9-23-16-27/h9,12,16-20H,5-8,10-11,13-15H2,1-4H3,(H,22,24). The van der Waals surface area contributed by atoms with E-state index >= 15 is 0 Å². The fraction of sp³-hybridized carbons (Fsp3) is 0.810. The molecule has 152 valence electrons. The molecule has 0 bridgehead atoms. The zero-order chi connectivity index (χ0) is 19.2. The third kappa shape index (κ3) is 5.24. The Morgan fingerprint density at radius 1 is 1.26 bits per heavy atom. The maximum Gasteiger partial charge on any atom is 0.193 e. The average molecular weight is 375 g/mol. The monoisotopic (exact) mass is 374 g/mol. The van der Waals surface area contributed by atoms with Crippen LogP contribution < -0.4 is 5.32 Å². The first-order chi connectivity index (χ1) is 13.1. The first-order valence-corrected chi connectivity index (χ1v) is 10.8. The van der Waals surface area contributed by atoms with Crippen LogP contribution in [0.1, 0.15) is 52.5 Å². The zero-order valence-electron chi connectivity index (χ0n) is 17.6. The molecule has 0 spiro atoms. The number of hydrogen-bond acceptors (Lipinski definition) is 3. The molecule has 2 aliphatic heterocycles. The summed E-state index contributed by atoms with van der Waals surface area (Å²) in [7, 11) is 1.92. The number of nitrogens with zero attached hydrogens (tertiary/aromatic N) is 5. The summed E-state index contributed by atoms with van der Waals surface area (Å²) >= 11 is 0. The van der Waals surface area contributed by atoms with Gasteiger partial charge in [0.05, 0.1) is 12.4 Å². The first-order valence-electron chi connectivity index (χ1n) is 10.8. The number of hydrogen-bond donors (Lipinski definition) is 1. The molecule has 3 rings (SSSR count). The third-order valence-corrected chi connectivity index (χ3v) is 6.18. The van der Waals surface area contributed by atoms with E-state index in [1.54, 1.807) is 0 Å². The smallest absolute Gasteiger partial charge is 0.193 e. The lowest BCUT2D eigenvalue weighted by Crippen LogP contribution is -2.53. The fourth-order valence-corrected chi connectivity index (χ4v) is 4.64. The highest BCUT2D eigenvalue weighted by Gasteiger charge is 2.29. The van der Waals surface area contributed by atoms with Crippen molar-refractivity contribution in [3.63, 3.8) is 0 Å². The van der Waals surface area contributed by atoms with Crippen LogP contribution in [0, 0.1) is 11.8 Å². The minimum Gasteiger partial charge on any atom is -0.355 e. The lowest BCUT2D eigenvalue weighted by molar-refractivity contribution is 0.131. The van der Waals surface area contributed by atoms with Gasteiger partial charge < -0.3 is 14.8 Å². The maximum atomic E-state index is 4.61. The largest absolute Gasteiger partial charge is 0.355 e. The molecule has 27 heavy (non-hydrogen) atoms. The average Bonchev–Trinajstić information content (AvgIpc) is 3.18. The van der Waals surface area contributed by atoms with Crippen LogP contribution in [-0.4, -0.2) is 71.1 Å². The van der Waals surface area contributed by atoms with Crippen LogP contribution in [0.4, 0.5) is 0 Å². The van der Waals surface area contributed by atoms with Crippen LogP contribution in [0.3, 0.4) is 0 Å². The normalized spacial score (nSPS) is 28.0. The van der Waals surface area contributed by atoms with Gasteiger partial charge in [0.2, 0.25) is 0 Å². The van der Waals surface area contributed by atoms with Crippen LogP contribution in [0.5, 0.6) is 0 Å². The Morgan fingerprint density at radius 2 is 2.11 bits per heavy atom. The van der Waals surface area contributed by atoms with E-state index in [0.29, 0.717) is 18.0 Å². The van der Waals surface area contributed by atoms with Gasteiger partial charge in [-0.1, -0.05) is 27.2 Å². The van der Waals surface area contributed by atoms with Crippen molar-refractivity contribution in [3.05, 3.63) is 18.7 Å². The van der Waals surface area contributed by atoms with E-state index in [2.05, 4.69) is 56.6 Å². The quantitative estimate of drug-likeness (QED) is 0.636. The molecule has 0 saturated carbocycles. The van der Waals surface area contributed by atoms with Crippen molar-refractivity contribution >= 4 is 5.96 Å². The number of guanidine groups is 1. The van der Waals surface area contributed by atoms with Gasteiger partial charge >= 0.3 is 0 Å². The molecular formula is C21H38N6. The molecule has 1 aromatic rings. The molecule has 2 fully saturated rings. The summed E-state index contributed by atoms with van der Waals surface area (Å²) in [5.74, 6) is 2.44. The Labute approximate surface area is 165 Å². The summed E-state index contributed by atoms with van der Waals surface area (Å²) < 4.78 is 2.26. The minimum atomic E-state index is 0.465. The third-order valence-electron chi connectivity index (χ3n) is 6.18. The van der Waals surface area contributed by atoms with Crippen molar-refractivity contribution in [2.24, 2.45) is 16.8 Å². The summed E-state index contributed by atoms with van der Waals surface area (Å²) in [4.78, 5) is 14.0. The molecule has 3 unspecified atom stereocenters. The number of likely N-dealkylation sites (tertiary alicyclic amines) is 2. The van der Waals surface area contributed by atoms with Crippen molar-refractivity contribution in [2.45, 2.75) is 58.5 Å². The number of aliphatic imine (C=N–C) groups is 1. The molecule has 0 radical (unpaired) electrons. The van der Waals surface area contributed by atoms with Crippen LogP contribution >= 0.6 is 0 Å². The number of rotatable bonds is 5. The Hall–Kier alpha value is -1.56. The molecule has 3 heterocycles. The van der Waals surface area contributed by atoms with E-state index in [-0.39, 0.29) is 0 Å². The van der Waals surface area contributed by atoms with Crippen molar-refractivity contribution in [1.82, 2.24) is 24.7 Å². The molecule has 0 aliphatic carbocycles. The SMILES string of the molecule is CN=C(NCC1CCCCN1CC(C)C)N1CCC(C)C(n2ccnc2)C1.